The molecule has 0 bridgehead atoms. The third kappa shape index (κ3) is 4.06. The highest BCUT2D eigenvalue weighted by atomic mass is 19.1. The van der Waals surface area contributed by atoms with Crippen molar-refractivity contribution in [1.82, 2.24) is 19.8 Å². The molecule has 8 heteroatoms. The van der Waals surface area contributed by atoms with Crippen LogP contribution in [0.4, 0.5) is 4.39 Å². The zero-order chi connectivity index (χ0) is 22.2. The Balaban J connectivity index is 1.40. The maximum absolute atomic E-state index is 14.1. The number of aromatic nitrogens is 2. The Morgan fingerprint density at radius 2 is 1.94 bits per heavy atom. The number of rotatable bonds is 4. The number of halogens is 1. The summed E-state index contributed by atoms with van der Waals surface area (Å²) in [6.07, 6.45) is 4.82. The van der Waals surface area contributed by atoms with Gasteiger partial charge in [0.25, 0.3) is 5.56 Å². The molecule has 2 fully saturated rings. The van der Waals surface area contributed by atoms with E-state index in [9.17, 15) is 18.8 Å². The van der Waals surface area contributed by atoms with E-state index >= 15 is 0 Å². The smallest absolute Gasteiger partial charge is 0.254 e. The number of H-pyrrole nitrogens is 1. The summed E-state index contributed by atoms with van der Waals surface area (Å²) in [4.78, 5) is 49.6. The van der Waals surface area contributed by atoms with E-state index in [2.05, 4.69) is 4.98 Å². The molecule has 32 heavy (non-hydrogen) atoms. The minimum absolute atomic E-state index is 0.0258. The van der Waals surface area contributed by atoms with Gasteiger partial charge in [-0.05, 0) is 50.2 Å². The lowest BCUT2D eigenvalue weighted by molar-refractivity contribution is -0.134. The van der Waals surface area contributed by atoms with Crippen LogP contribution in [-0.4, -0.2) is 44.7 Å². The maximum Gasteiger partial charge on any atom is 0.254 e. The number of hydrogen-bond acceptors (Lipinski definition) is 4. The third-order valence-electron chi connectivity index (χ3n) is 6.77. The normalized spacial score (nSPS) is 20.7. The molecule has 0 radical (unpaired) electrons. The average Bonchev–Trinajstić information content (AvgIpc) is 3.65. The van der Waals surface area contributed by atoms with Gasteiger partial charge < -0.3 is 14.8 Å². The number of nitrogens with one attached hydrogen (secondary N) is 1. The van der Waals surface area contributed by atoms with Gasteiger partial charge in [-0.25, -0.2) is 9.37 Å². The van der Waals surface area contributed by atoms with Crippen molar-refractivity contribution < 1.29 is 14.0 Å². The highest BCUT2D eigenvalue weighted by Gasteiger charge is 2.36. The lowest BCUT2D eigenvalue weighted by Crippen LogP contribution is -2.43. The molecule has 1 saturated carbocycles. The number of fused-ring (bicyclic) bond motifs is 1. The molecule has 1 saturated heterocycles. The van der Waals surface area contributed by atoms with Crippen molar-refractivity contribution in [1.29, 1.82) is 0 Å². The first-order valence-electron chi connectivity index (χ1n) is 11.4. The number of piperidine rings is 1. The van der Waals surface area contributed by atoms with Gasteiger partial charge in [0.05, 0.1) is 24.7 Å². The summed E-state index contributed by atoms with van der Waals surface area (Å²) in [7, 11) is 0. The fraction of sp³-hybridized carbons (Fsp3) is 0.500. The maximum atomic E-state index is 14.1. The summed E-state index contributed by atoms with van der Waals surface area (Å²) in [5, 5.41) is 0. The number of likely N-dealkylation sites (tertiary alicyclic amines) is 1. The number of carbonyl (C=O) groups excluding carboxylic acids is 2. The van der Waals surface area contributed by atoms with Gasteiger partial charge in [-0.15, -0.1) is 0 Å². The first-order chi connectivity index (χ1) is 15.5. The van der Waals surface area contributed by atoms with Gasteiger partial charge in [0.2, 0.25) is 11.8 Å². The molecule has 3 heterocycles. The van der Waals surface area contributed by atoms with Crippen LogP contribution in [0.3, 0.4) is 0 Å². The number of amides is 2. The lowest BCUT2D eigenvalue weighted by Gasteiger charge is -2.36. The van der Waals surface area contributed by atoms with Crippen molar-refractivity contribution in [2.24, 2.45) is 5.92 Å². The molecule has 7 nitrogen and oxygen atoms in total. The lowest BCUT2D eigenvalue weighted by atomic mass is 9.99. The molecule has 3 aliphatic rings. The van der Waals surface area contributed by atoms with E-state index < -0.39 is 5.82 Å². The number of benzene rings is 1. The van der Waals surface area contributed by atoms with Crippen molar-refractivity contribution in [3.8, 4) is 0 Å². The summed E-state index contributed by atoms with van der Waals surface area (Å²) in [5.74, 6) is 0.179. The van der Waals surface area contributed by atoms with Gasteiger partial charge in [-0.2, -0.15) is 0 Å². The zero-order valence-corrected chi connectivity index (χ0v) is 18.0. The minimum Gasteiger partial charge on any atom is -0.336 e. The predicted molar refractivity (Wildman–Crippen MR) is 115 cm³/mol. The van der Waals surface area contributed by atoms with Crippen LogP contribution in [0.25, 0.3) is 0 Å². The van der Waals surface area contributed by atoms with E-state index in [1.165, 1.54) is 6.07 Å². The van der Waals surface area contributed by atoms with Gasteiger partial charge in [-0.1, -0.05) is 18.2 Å². The molecule has 1 aromatic carbocycles. The zero-order valence-electron chi connectivity index (χ0n) is 18.0. The Bertz CT molecular complexity index is 1110. The molecule has 1 aliphatic carbocycles. The van der Waals surface area contributed by atoms with Crippen molar-refractivity contribution in [3.63, 3.8) is 0 Å². The first-order valence-corrected chi connectivity index (χ1v) is 11.4. The van der Waals surface area contributed by atoms with Crippen LogP contribution < -0.4 is 5.56 Å². The molecule has 1 N–H and O–H groups in total. The van der Waals surface area contributed by atoms with E-state index in [-0.39, 0.29) is 35.8 Å². The fourth-order valence-corrected chi connectivity index (χ4v) is 4.81. The van der Waals surface area contributed by atoms with Crippen LogP contribution in [0.2, 0.25) is 0 Å². The molecule has 168 valence electrons. The van der Waals surface area contributed by atoms with E-state index in [1.807, 2.05) is 0 Å². The molecular weight excluding hydrogens is 411 g/mol. The van der Waals surface area contributed by atoms with E-state index in [0.717, 1.165) is 25.7 Å². The molecule has 1 aromatic heterocycles. The summed E-state index contributed by atoms with van der Waals surface area (Å²) in [5.41, 5.74) is 1.45. The molecule has 2 aromatic rings. The Hall–Kier alpha value is -3.03. The van der Waals surface area contributed by atoms with Gasteiger partial charge in [0.15, 0.2) is 0 Å². The summed E-state index contributed by atoms with van der Waals surface area (Å²) < 4.78 is 14.1. The second kappa shape index (κ2) is 8.48. The Morgan fingerprint density at radius 3 is 2.72 bits per heavy atom. The predicted octanol–water partition coefficient (Wildman–Crippen LogP) is 2.50. The van der Waals surface area contributed by atoms with Gasteiger partial charge >= 0.3 is 0 Å². The fourth-order valence-electron chi connectivity index (χ4n) is 4.81. The topological polar surface area (TPSA) is 86.4 Å². The van der Waals surface area contributed by atoms with Gasteiger partial charge in [-0.3, -0.25) is 14.4 Å². The van der Waals surface area contributed by atoms with Crippen LogP contribution in [0, 0.1) is 11.7 Å². The van der Waals surface area contributed by atoms with Crippen LogP contribution in [0.5, 0.6) is 0 Å². The monoisotopic (exact) mass is 438 g/mol. The average molecular weight is 439 g/mol. The number of hydrogen-bond donors (Lipinski definition) is 1. The van der Waals surface area contributed by atoms with Crippen LogP contribution in [0.15, 0.2) is 29.1 Å². The third-order valence-corrected chi connectivity index (χ3v) is 6.77. The number of carbonyl (C=O) groups is 2. The Labute approximate surface area is 185 Å². The highest BCUT2D eigenvalue weighted by molar-refractivity contribution is 5.81. The van der Waals surface area contributed by atoms with Crippen molar-refractivity contribution >= 4 is 11.8 Å². The largest absolute Gasteiger partial charge is 0.336 e. The standard InChI is InChI=1S/C24H27FN4O3/c25-18-6-2-1-5-16(18)13-21(30)29-11-4-3-7-20(29)22-26-19-14-28(24(32)15-8-9-15)12-10-17(19)23(31)27-22/h1-2,5-6,15,20H,3-4,7-14H2,(H,26,27,31). The molecule has 2 aliphatic heterocycles. The summed E-state index contributed by atoms with van der Waals surface area (Å²) in [6, 6.07) is 5.95. The second-order valence-electron chi connectivity index (χ2n) is 9.03. The molecule has 0 spiro atoms. The highest BCUT2D eigenvalue weighted by Crippen LogP contribution is 2.33. The molecule has 1 atom stereocenters. The summed E-state index contributed by atoms with van der Waals surface area (Å²) >= 11 is 0. The SMILES string of the molecule is O=C(C1CC1)N1CCc2c(nc(C3CCCCN3C(=O)Cc3ccccc3F)[nH]c2=O)C1. The van der Waals surface area contributed by atoms with E-state index in [1.54, 1.807) is 28.0 Å². The molecule has 5 rings (SSSR count). The minimum atomic E-state index is -0.393. The summed E-state index contributed by atoms with van der Waals surface area (Å²) in [6.45, 7) is 1.44. The first kappa shape index (κ1) is 20.8. The van der Waals surface area contributed by atoms with E-state index in [0.29, 0.717) is 55.1 Å². The van der Waals surface area contributed by atoms with Crippen LogP contribution >= 0.6 is 0 Å². The van der Waals surface area contributed by atoms with Crippen molar-refractivity contribution in [3.05, 3.63) is 63.1 Å². The number of aromatic amines is 1. The molecule has 2 amide bonds. The quantitative estimate of drug-likeness (QED) is 0.795. The van der Waals surface area contributed by atoms with E-state index in [4.69, 9.17) is 4.98 Å². The van der Waals surface area contributed by atoms with Crippen molar-refractivity contribution in [2.45, 2.75) is 57.5 Å². The van der Waals surface area contributed by atoms with Gasteiger partial charge in [0, 0.05) is 24.6 Å². The Kier molecular flexibility index (Phi) is 5.53. The van der Waals surface area contributed by atoms with Crippen LogP contribution in [-0.2, 0) is 29.0 Å². The molecular formula is C24H27FN4O3. The number of nitrogens with zero attached hydrogens (tertiary/aromatic N) is 3. The second-order valence-corrected chi connectivity index (χ2v) is 9.03. The van der Waals surface area contributed by atoms with Gasteiger partial charge in [0.1, 0.15) is 11.6 Å². The molecule has 1 unspecified atom stereocenters. The van der Waals surface area contributed by atoms with Crippen molar-refractivity contribution in [2.75, 3.05) is 13.1 Å². The van der Waals surface area contributed by atoms with Crippen LogP contribution in [0.1, 0.15) is 60.8 Å². The Morgan fingerprint density at radius 1 is 1.12 bits per heavy atom.